The summed E-state index contributed by atoms with van der Waals surface area (Å²) >= 11 is 0. The first-order chi connectivity index (χ1) is 8.59. The highest BCUT2D eigenvalue weighted by molar-refractivity contribution is 5.75. The van der Waals surface area contributed by atoms with Crippen LogP contribution in [0.3, 0.4) is 0 Å². The summed E-state index contributed by atoms with van der Waals surface area (Å²) < 4.78 is 0. The first kappa shape index (κ1) is 13.0. The molecule has 5 heteroatoms. The summed E-state index contributed by atoms with van der Waals surface area (Å²) in [5.74, 6) is -0.794. The largest absolute Gasteiger partial charge is 0.480 e. The van der Waals surface area contributed by atoms with E-state index >= 15 is 0 Å². The molecule has 1 aliphatic rings. The van der Waals surface area contributed by atoms with Crippen LogP contribution in [0.15, 0.2) is 24.5 Å². The molecule has 0 aromatic carbocycles. The van der Waals surface area contributed by atoms with Gasteiger partial charge in [-0.05, 0) is 31.7 Å². The van der Waals surface area contributed by atoms with Crippen molar-refractivity contribution in [2.45, 2.75) is 19.0 Å². The molecule has 1 aliphatic heterocycles. The molecule has 1 aromatic rings. The van der Waals surface area contributed by atoms with E-state index in [1.165, 1.54) is 0 Å². The third-order valence-electron chi connectivity index (χ3n) is 3.47. The van der Waals surface area contributed by atoms with Crippen molar-refractivity contribution < 1.29 is 9.90 Å². The molecule has 98 valence electrons. The van der Waals surface area contributed by atoms with Gasteiger partial charge in [0.1, 0.15) is 6.04 Å². The molecule has 0 amide bonds. The van der Waals surface area contributed by atoms with Gasteiger partial charge in [-0.1, -0.05) is 0 Å². The maximum Gasteiger partial charge on any atom is 0.325 e. The monoisotopic (exact) mass is 249 g/mol. The molecule has 0 spiro atoms. The van der Waals surface area contributed by atoms with Crippen LogP contribution in [0.5, 0.6) is 0 Å². The predicted molar refractivity (Wildman–Crippen MR) is 68.3 cm³/mol. The van der Waals surface area contributed by atoms with E-state index in [1.54, 1.807) is 24.5 Å². The van der Waals surface area contributed by atoms with E-state index in [0.29, 0.717) is 0 Å². The van der Waals surface area contributed by atoms with Crippen LogP contribution in [0.4, 0.5) is 0 Å². The van der Waals surface area contributed by atoms with Gasteiger partial charge in [-0.25, -0.2) is 0 Å². The Bertz CT molecular complexity index is 410. The smallest absolute Gasteiger partial charge is 0.325 e. The van der Waals surface area contributed by atoms with Crippen LogP contribution >= 0.6 is 0 Å². The zero-order valence-corrected chi connectivity index (χ0v) is 10.8. The van der Waals surface area contributed by atoms with Crippen molar-refractivity contribution in [1.82, 2.24) is 14.8 Å². The zero-order valence-electron chi connectivity index (χ0n) is 10.8. The van der Waals surface area contributed by atoms with Crippen molar-refractivity contribution in [1.29, 1.82) is 0 Å². The normalized spacial score (nSPS) is 23.8. The molecular weight excluding hydrogens is 230 g/mol. The maximum absolute atomic E-state index is 11.6. The maximum atomic E-state index is 11.6. The number of pyridine rings is 1. The lowest BCUT2D eigenvalue weighted by Crippen LogP contribution is -2.53. The average molecular weight is 249 g/mol. The zero-order chi connectivity index (χ0) is 13.1. The van der Waals surface area contributed by atoms with Crippen molar-refractivity contribution in [3.05, 3.63) is 30.1 Å². The number of piperazine rings is 1. The Morgan fingerprint density at radius 3 is 2.67 bits per heavy atom. The van der Waals surface area contributed by atoms with Crippen molar-refractivity contribution >= 4 is 5.97 Å². The van der Waals surface area contributed by atoms with Gasteiger partial charge in [0.25, 0.3) is 0 Å². The molecule has 1 fully saturated rings. The average Bonchev–Trinajstić information content (AvgIpc) is 2.33. The molecule has 2 unspecified atom stereocenters. The third kappa shape index (κ3) is 2.68. The highest BCUT2D eigenvalue weighted by Gasteiger charge is 2.33. The third-order valence-corrected chi connectivity index (χ3v) is 3.47. The van der Waals surface area contributed by atoms with Gasteiger partial charge in [0, 0.05) is 38.1 Å². The molecule has 0 aliphatic carbocycles. The topological polar surface area (TPSA) is 56.7 Å². The van der Waals surface area contributed by atoms with Gasteiger partial charge in [0.05, 0.1) is 0 Å². The Morgan fingerprint density at radius 2 is 2.11 bits per heavy atom. The molecule has 0 bridgehead atoms. The Hall–Kier alpha value is -1.46. The Morgan fingerprint density at radius 1 is 1.44 bits per heavy atom. The molecule has 2 heterocycles. The summed E-state index contributed by atoms with van der Waals surface area (Å²) in [6.45, 7) is 4.65. The SMILES string of the molecule is CC1CN(C)CCN1C(C(=O)O)c1ccncc1. The molecular formula is C13H19N3O2. The Kier molecular flexibility index (Phi) is 3.93. The predicted octanol–water partition coefficient (Wildman–Crippen LogP) is 0.843. The summed E-state index contributed by atoms with van der Waals surface area (Å²) in [6.07, 6.45) is 3.29. The minimum atomic E-state index is -0.794. The number of carboxylic acid groups (broad SMARTS) is 1. The number of hydrogen-bond acceptors (Lipinski definition) is 4. The molecule has 1 aromatic heterocycles. The van der Waals surface area contributed by atoms with Crippen molar-refractivity contribution in [2.75, 3.05) is 26.7 Å². The fraction of sp³-hybridized carbons (Fsp3) is 0.538. The van der Waals surface area contributed by atoms with Gasteiger partial charge in [-0.3, -0.25) is 14.7 Å². The van der Waals surface area contributed by atoms with Crippen LogP contribution in [-0.2, 0) is 4.79 Å². The van der Waals surface area contributed by atoms with Gasteiger partial charge in [-0.15, -0.1) is 0 Å². The number of aliphatic carboxylic acids is 1. The fourth-order valence-corrected chi connectivity index (χ4v) is 2.56. The molecule has 2 rings (SSSR count). The molecule has 2 atom stereocenters. The lowest BCUT2D eigenvalue weighted by atomic mass is 10.0. The number of rotatable bonds is 3. The van der Waals surface area contributed by atoms with Crippen LogP contribution in [0.25, 0.3) is 0 Å². The highest BCUT2D eigenvalue weighted by Crippen LogP contribution is 2.25. The first-order valence-corrected chi connectivity index (χ1v) is 6.16. The van der Waals surface area contributed by atoms with Gasteiger partial charge in [0.15, 0.2) is 0 Å². The molecule has 18 heavy (non-hydrogen) atoms. The van der Waals surface area contributed by atoms with Gasteiger partial charge >= 0.3 is 5.97 Å². The minimum absolute atomic E-state index is 0.234. The Labute approximate surface area is 107 Å². The van der Waals surface area contributed by atoms with E-state index in [-0.39, 0.29) is 6.04 Å². The summed E-state index contributed by atoms with van der Waals surface area (Å²) in [5.41, 5.74) is 0.800. The van der Waals surface area contributed by atoms with Crippen molar-refractivity contribution in [3.63, 3.8) is 0 Å². The summed E-state index contributed by atoms with van der Waals surface area (Å²) in [7, 11) is 2.07. The summed E-state index contributed by atoms with van der Waals surface area (Å²) in [4.78, 5) is 19.8. The second-order valence-electron chi connectivity index (χ2n) is 4.87. The fourth-order valence-electron chi connectivity index (χ4n) is 2.56. The standard InChI is InChI=1S/C13H19N3O2/c1-10-9-15(2)7-8-16(10)12(13(17)18)11-3-5-14-6-4-11/h3-6,10,12H,7-9H2,1-2H3,(H,17,18). The second kappa shape index (κ2) is 5.46. The first-order valence-electron chi connectivity index (χ1n) is 6.16. The molecule has 1 saturated heterocycles. The quantitative estimate of drug-likeness (QED) is 0.860. The van der Waals surface area contributed by atoms with E-state index in [4.69, 9.17) is 0 Å². The van der Waals surface area contributed by atoms with E-state index < -0.39 is 12.0 Å². The Balaban J connectivity index is 2.23. The van der Waals surface area contributed by atoms with Crippen LogP contribution in [0.2, 0.25) is 0 Å². The van der Waals surface area contributed by atoms with Crippen molar-refractivity contribution in [3.8, 4) is 0 Å². The van der Waals surface area contributed by atoms with E-state index in [0.717, 1.165) is 25.2 Å². The summed E-state index contributed by atoms with van der Waals surface area (Å²) in [5, 5.41) is 9.49. The van der Waals surface area contributed by atoms with Gasteiger partial charge in [-0.2, -0.15) is 0 Å². The number of hydrogen-bond donors (Lipinski definition) is 1. The van der Waals surface area contributed by atoms with E-state index in [9.17, 15) is 9.90 Å². The molecule has 1 N–H and O–H groups in total. The lowest BCUT2D eigenvalue weighted by Gasteiger charge is -2.41. The number of likely N-dealkylation sites (N-methyl/N-ethyl adjacent to an activating group) is 1. The van der Waals surface area contributed by atoms with Crippen LogP contribution in [0.1, 0.15) is 18.5 Å². The number of carbonyl (C=O) groups is 1. The number of nitrogens with zero attached hydrogens (tertiary/aromatic N) is 3. The van der Waals surface area contributed by atoms with Crippen LogP contribution in [-0.4, -0.2) is 58.6 Å². The molecule has 0 radical (unpaired) electrons. The lowest BCUT2D eigenvalue weighted by molar-refractivity contribution is -0.145. The van der Waals surface area contributed by atoms with Gasteiger partial charge in [0.2, 0.25) is 0 Å². The number of aromatic nitrogens is 1. The number of carboxylic acids is 1. The minimum Gasteiger partial charge on any atom is -0.480 e. The van der Waals surface area contributed by atoms with Crippen LogP contribution in [0, 0.1) is 0 Å². The van der Waals surface area contributed by atoms with Gasteiger partial charge < -0.3 is 10.0 Å². The van der Waals surface area contributed by atoms with E-state index in [1.807, 2.05) is 0 Å². The van der Waals surface area contributed by atoms with Crippen molar-refractivity contribution in [2.24, 2.45) is 0 Å². The van der Waals surface area contributed by atoms with E-state index in [2.05, 4.69) is 28.8 Å². The van der Waals surface area contributed by atoms with Crippen LogP contribution < -0.4 is 0 Å². The highest BCUT2D eigenvalue weighted by atomic mass is 16.4. The molecule has 0 saturated carbocycles. The molecule has 5 nitrogen and oxygen atoms in total. The summed E-state index contributed by atoms with van der Waals surface area (Å²) in [6, 6.07) is 3.22. The second-order valence-corrected chi connectivity index (χ2v) is 4.87.